The topological polar surface area (TPSA) is 37.4 Å². The van der Waals surface area contributed by atoms with Crippen LogP contribution in [-0.2, 0) is 16.0 Å². The first-order valence-corrected chi connectivity index (χ1v) is 6.82. The molecule has 1 fully saturated rings. The molecule has 1 aliphatic rings. The zero-order chi connectivity index (χ0) is 12.3. The van der Waals surface area contributed by atoms with E-state index < -0.39 is 0 Å². The maximum atomic E-state index is 11.6. The fraction of sp³-hybridized carbons (Fsp3) is 0.538. The lowest BCUT2D eigenvalue weighted by Crippen LogP contribution is -2.34. The highest BCUT2D eigenvalue weighted by Crippen LogP contribution is 2.20. The molecule has 17 heavy (non-hydrogen) atoms. The van der Waals surface area contributed by atoms with Gasteiger partial charge in [-0.25, -0.2) is 0 Å². The summed E-state index contributed by atoms with van der Waals surface area (Å²) < 4.78 is 0. The zero-order valence-corrected chi connectivity index (χ0v) is 10.8. The van der Waals surface area contributed by atoms with Gasteiger partial charge >= 0.3 is 0 Å². The van der Waals surface area contributed by atoms with Crippen molar-refractivity contribution in [2.45, 2.75) is 38.6 Å². The van der Waals surface area contributed by atoms with E-state index in [4.69, 9.17) is 0 Å². The highest BCUT2D eigenvalue weighted by molar-refractivity contribution is 7.11. The molecule has 1 aromatic rings. The van der Waals surface area contributed by atoms with E-state index in [9.17, 15) is 9.59 Å². The Morgan fingerprint density at radius 1 is 1.53 bits per heavy atom. The Morgan fingerprint density at radius 3 is 3.00 bits per heavy atom. The third kappa shape index (κ3) is 2.94. The first kappa shape index (κ1) is 12.3. The molecule has 0 radical (unpaired) electrons. The molecule has 4 heteroatoms. The third-order valence-corrected chi connectivity index (χ3v) is 4.21. The van der Waals surface area contributed by atoms with E-state index in [0.717, 1.165) is 19.1 Å². The second-order valence-electron chi connectivity index (χ2n) is 4.45. The highest BCUT2D eigenvalue weighted by atomic mass is 32.1. The number of aryl methyl sites for hydroxylation is 2. The molecule has 1 aromatic heterocycles. The Kier molecular flexibility index (Phi) is 3.94. The van der Waals surface area contributed by atoms with Gasteiger partial charge in [0.25, 0.3) is 0 Å². The smallest absolute Gasteiger partial charge is 0.223 e. The average Bonchev–Trinajstić information content (AvgIpc) is 2.87. The number of carbonyl (C=O) groups excluding carboxylic acids is 2. The van der Waals surface area contributed by atoms with Gasteiger partial charge in [-0.1, -0.05) is 0 Å². The van der Waals surface area contributed by atoms with Gasteiger partial charge in [0.2, 0.25) is 5.91 Å². The van der Waals surface area contributed by atoms with Crippen LogP contribution in [0.5, 0.6) is 0 Å². The van der Waals surface area contributed by atoms with Crippen molar-refractivity contribution in [1.29, 1.82) is 0 Å². The largest absolute Gasteiger partial charge is 0.333 e. The van der Waals surface area contributed by atoms with Crippen molar-refractivity contribution < 1.29 is 9.59 Å². The molecule has 2 rings (SSSR count). The summed E-state index contributed by atoms with van der Waals surface area (Å²) in [5.41, 5.74) is 0. The second kappa shape index (κ2) is 5.45. The fourth-order valence-corrected chi connectivity index (χ4v) is 3.16. The van der Waals surface area contributed by atoms with Crippen molar-refractivity contribution in [3.63, 3.8) is 0 Å². The zero-order valence-electron chi connectivity index (χ0n) is 10.0. The van der Waals surface area contributed by atoms with Gasteiger partial charge in [0.1, 0.15) is 6.29 Å². The van der Waals surface area contributed by atoms with Gasteiger partial charge in [-0.15, -0.1) is 11.3 Å². The molecule has 1 saturated heterocycles. The van der Waals surface area contributed by atoms with Gasteiger partial charge in [0.15, 0.2) is 0 Å². The molecule has 1 atom stereocenters. The third-order valence-electron chi connectivity index (χ3n) is 3.15. The summed E-state index contributed by atoms with van der Waals surface area (Å²) in [6, 6.07) is 4.09. The Morgan fingerprint density at radius 2 is 2.35 bits per heavy atom. The first-order chi connectivity index (χ1) is 8.20. The average molecular weight is 251 g/mol. The number of likely N-dealkylation sites (tertiary alicyclic amines) is 1. The lowest BCUT2D eigenvalue weighted by molar-refractivity contribution is -0.131. The number of hydrogen-bond donors (Lipinski definition) is 0. The molecule has 0 N–H and O–H groups in total. The van der Waals surface area contributed by atoms with Gasteiger partial charge in [-0.3, -0.25) is 4.79 Å². The summed E-state index contributed by atoms with van der Waals surface area (Å²) in [7, 11) is 0. The van der Waals surface area contributed by atoms with Gasteiger partial charge in [-0.05, 0) is 38.3 Å². The SMILES string of the molecule is Cc1ccc(CCCN2C(=O)CC[C@@H]2C=O)s1. The highest BCUT2D eigenvalue weighted by Gasteiger charge is 2.29. The lowest BCUT2D eigenvalue weighted by atomic mass is 10.2. The summed E-state index contributed by atoms with van der Waals surface area (Å²) in [5, 5.41) is 0. The predicted molar refractivity (Wildman–Crippen MR) is 68.2 cm³/mol. The normalized spacial score (nSPS) is 19.9. The van der Waals surface area contributed by atoms with Gasteiger partial charge in [0.05, 0.1) is 6.04 Å². The van der Waals surface area contributed by atoms with E-state index in [1.807, 2.05) is 0 Å². The minimum Gasteiger partial charge on any atom is -0.333 e. The van der Waals surface area contributed by atoms with Crippen molar-refractivity contribution in [2.24, 2.45) is 0 Å². The van der Waals surface area contributed by atoms with Gasteiger partial charge in [-0.2, -0.15) is 0 Å². The molecule has 0 saturated carbocycles. The molecule has 3 nitrogen and oxygen atoms in total. The summed E-state index contributed by atoms with van der Waals surface area (Å²) in [6.07, 6.45) is 4.06. The number of amides is 1. The molecule has 1 aliphatic heterocycles. The summed E-state index contributed by atoms with van der Waals surface area (Å²) >= 11 is 1.80. The number of hydrogen-bond acceptors (Lipinski definition) is 3. The molecular formula is C13H17NO2S. The van der Waals surface area contributed by atoms with E-state index in [1.54, 1.807) is 16.2 Å². The summed E-state index contributed by atoms with van der Waals surface area (Å²) in [6.45, 7) is 2.81. The molecular weight excluding hydrogens is 234 g/mol. The minimum absolute atomic E-state index is 0.129. The number of rotatable bonds is 5. The molecule has 1 amide bonds. The van der Waals surface area contributed by atoms with Crippen LogP contribution in [0.15, 0.2) is 12.1 Å². The van der Waals surface area contributed by atoms with Crippen LogP contribution in [0, 0.1) is 6.92 Å². The van der Waals surface area contributed by atoms with Crippen molar-refractivity contribution in [3.8, 4) is 0 Å². The van der Waals surface area contributed by atoms with Gasteiger partial charge < -0.3 is 9.69 Å². The van der Waals surface area contributed by atoms with E-state index in [-0.39, 0.29) is 11.9 Å². The van der Waals surface area contributed by atoms with Crippen LogP contribution in [0.1, 0.15) is 29.0 Å². The van der Waals surface area contributed by atoms with Crippen molar-refractivity contribution >= 4 is 23.5 Å². The maximum Gasteiger partial charge on any atom is 0.223 e. The Bertz CT molecular complexity index is 413. The number of nitrogens with zero attached hydrogens (tertiary/aromatic N) is 1. The van der Waals surface area contributed by atoms with Crippen LogP contribution < -0.4 is 0 Å². The first-order valence-electron chi connectivity index (χ1n) is 6.01. The molecule has 0 bridgehead atoms. The van der Waals surface area contributed by atoms with Crippen LogP contribution in [0.3, 0.4) is 0 Å². The number of carbonyl (C=O) groups is 2. The van der Waals surface area contributed by atoms with Gasteiger partial charge in [0, 0.05) is 22.7 Å². The standard InChI is InChI=1S/C13H17NO2S/c1-10-4-6-12(17-10)3-2-8-14-11(9-15)5-7-13(14)16/h4,6,9,11H,2-3,5,7-8H2,1H3/t11-/m1/s1. The molecule has 0 aromatic carbocycles. The lowest BCUT2D eigenvalue weighted by Gasteiger charge is -2.20. The van der Waals surface area contributed by atoms with E-state index in [1.165, 1.54) is 9.75 Å². The van der Waals surface area contributed by atoms with E-state index in [0.29, 0.717) is 19.4 Å². The van der Waals surface area contributed by atoms with E-state index >= 15 is 0 Å². The minimum atomic E-state index is -0.174. The van der Waals surface area contributed by atoms with Crippen molar-refractivity contribution in [2.75, 3.05) is 6.54 Å². The van der Waals surface area contributed by atoms with E-state index in [2.05, 4.69) is 19.1 Å². The number of aldehydes is 1. The van der Waals surface area contributed by atoms with Crippen LogP contribution in [-0.4, -0.2) is 29.7 Å². The van der Waals surface area contributed by atoms with Crippen molar-refractivity contribution in [3.05, 3.63) is 21.9 Å². The van der Waals surface area contributed by atoms with Crippen LogP contribution in [0.2, 0.25) is 0 Å². The van der Waals surface area contributed by atoms with Crippen molar-refractivity contribution in [1.82, 2.24) is 4.90 Å². The monoisotopic (exact) mass is 251 g/mol. The number of thiophene rings is 1. The second-order valence-corrected chi connectivity index (χ2v) is 5.82. The Labute approximate surface area is 105 Å². The summed E-state index contributed by atoms with van der Waals surface area (Å²) in [4.78, 5) is 26.8. The summed E-state index contributed by atoms with van der Waals surface area (Å²) in [5.74, 6) is 0.129. The Balaban J connectivity index is 1.81. The van der Waals surface area contributed by atoms with Crippen LogP contribution in [0.4, 0.5) is 0 Å². The van der Waals surface area contributed by atoms with Crippen LogP contribution in [0.25, 0.3) is 0 Å². The predicted octanol–water partition coefficient (Wildman–Crippen LogP) is 2.18. The molecule has 0 aliphatic carbocycles. The molecule has 0 unspecified atom stereocenters. The quantitative estimate of drug-likeness (QED) is 0.752. The molecule has 2 heterocycles. The Hall–Kier alpha value is -1.16. The molecule has 92 valence electrons. The van der Waals surface area contributed by atoms with Crippen LogP contribution >= 0.6 is 11.3 Å². The fourth-order valence-electron chi connectivity index (χ4n) is 2.23. The maximum absolute atomic E-state index is 11.6. The molecule has 0 spiro atoms.